The van der Waals surface area contributed by atoms with Crippen molar-refractivity contribution in [1.29, 1.82) is 0 Å². The number of para-hydroxylation sites is 1. The second-order valence-corrected chi connectivity index (χ2v) is 8.11. The van der Waals surface area contributed by atoms with Gasteiger partial charge in [0.1, 0.15) is 6.04 Å². The number of halogens is 2. The smallest absolute Gasteiger partial charge is 0.262 e. The average Bonchev–Trinajstić information content (AvgIpc) is 3.01. The fraction of sp³-hybridized carbons (Fsp3) is 0.227. The number of carbonyl (C=O) groups excluding carboxylic acids is 2. The van der Waals surface area contributed by atoms with Crippen molar-refractivity contribution < 1.29 is 9.59 Å². The summed E-state index contributed by atoms with van der Waals surface area (Å²) < 4.78 is 0. The molecule has 6 nitrogen and oxygen atoms in total. The van der Waals surface area contributed by atoms with Crippen molar-refractivity contribution in [2.45, 2.75) is 26.8 Å². The molecule has 2 aromatic carbocycles. The van der Waals surface area contributed by atoms with Gasteiger partial charge in [0.2, 0.25) is 0 Å². The Morgan fingerprint density at radius 3 is 2.57 bits per heavy atom. The summed E-state index contributed by atoms with van der Waals surface area (Å²) in [7, 11) is 0. The Kier molecular flexibility index (Phi) is 6.80. The SMILES string of the molecule is Cc1[nH]c2ccccc2c1C=NNC(=O)C(NC(=O)c1ccc(Cl)cc1Cl)C(C)C. The number of rotatable bonds is 6. The maximum absolute atomic E-state index is 12.7. The molecule has 3 aromatic rings. The standard InChI is InChI=1S/C22H22Cl2N4O2/c1-12(2)20(27-21(29)16-9-8-14(23)10-18(16)24)22(30)28-25-11-17-13(3)26-19-7-5-4-6-15(17)19/h4-12,20,26H,1-3H3,(H,27,29)(H,28,30). The second kappa shape index (κ2) is 9.32. The molecular weight excluding hydrogens is 423 g/mol. The third-order valence-electron chi connectivity index (χ3n) is 4.72. The number of benzene rings is 2. The number of aromatic nitrogens is 1. The van der Waals surface area contributed by atoms with E-state index in [0.717, 1.165) is 22.2 Å². The first-order chi connectivity index (χ1) is 14.3. The fourth-order valence-electron chi connectivity index (χ4n) is 3.12. The van der Waals surface area contributed by atoms with E-state index in [4.69, 9.17) is 23.2 Å². The van der Waals surface area contributed by atoms with Gasteiger partial charge in [-0.2, -0.15) is 5.10 Å². The maximum atomic E-state index is 12.7. The highest BCUT2D eigenvalue weighted by Crippen LogP contribution is 2.22. The van der Waals surface area contributed by atoms with Crippen molar-refractivity contribution in [3.63, 3.8) is 0 Å². The number of nitrogens with one attached hydrogen (secondary N) is 3. The molecular formula is C22H22Cl2N4O2. The van der Waals surface area contributed by atoms with E-state index in [1.807, 2.05) is 45.0 Å². The number of fused-ring (bicyclic) bond motifs is 1. The van der Waals surface area contributed by atoms with Crippen molar-refractivity contribution in [2.24, 2.45) is 11.0 Å². The third kappa shape index (κ3) is 4.83. The van der Waals surface area contributed by atoms with Crippen molar-refractivity contribution in [3.8, 4) is 0 Å². The van der Waals surface area contributed by atoms with Crippen LogP contribution in [0.4, 0.5) is 0 Å². The number of hydrogen-bond acceptors (Lipinski definition) is 3. The molecule has 1 atom stereocenters. The predicted octanol–water partition coefficient (Wildman–Crippen LogP) is 4.69. The Morgan fingerprint density at radius 1 is 1.13 bits per heavy atom. The average molecular weight is 445 g/mol. The molecule has 1 aromatic heterocycles. The van der Waals surface area contributed by atoms with Crippen molar-refractivity contribution in [2.75, 3.05) is 0 Å². The van der Waals surface area contributed by atoms with E-state index >= 15 is 0 Å². The molecule has 1 heterocycles. The Hall–Kier alpha value is -2.83. The molecule has 0 aliphatic heterocycles. The van der Waals surface area contributed by atoms with E-state index < -0.39 is 17.9 Å². The van der Waals surface area contributed by atoms with Crippen LogP contribution >= 0.6 is 23.2 Å². The van der Waals surface area contributed by atoms with Gasteiger partial charge in [0, 0.05) is 27.2 Å². The lowest BCUT2D eigenvalue weighted by molar-refractivity contribution is -0.123. The number of amides is 2. The van der Waals surface area contributed by atoms with Crippen LogP contribution in [0.25, 0.3) is 10.9 Å². The number of aryl methyl sites for hydroxylation is 1. The quantitative estimate of drug-likeness (QED) is 0.380. The van der Waals surface area contributed by atoms with Crippen LogP contribution in [0.3, 0.4) is 0 Å². The first kappa shape index (κ1) is 21.9. The summed E-state index contributed by atoms with van der Waals surface area (Å²) in [5, 5.41) is 8.48. The molecule has 8 heteroatoms. The van der Waals surface area contributed by atoms with Gasteiger partial charge < -0.3 is 10.3 Å². The third-order valence-corrected chi connectivity index (χ3v) is 5.27. The number of hydrazone groups is 1. The Labute approximate surface area is 184 Å². The second-order valence-electron chi connectivity index (χ2n) is 7.26. The summed E-state index contributed by atoms with van der Waals surface area (Å²) in [6, 6.07) is 11.6. The molecule has 0 saturated carbocycles. The minimum atomic E-state index is -0.787. The molecule has 0 saturated heterocycles. The van der Waals surface area contributed by atoms with E-state index in [1.54, 1.807) is 12.3 Å². The summed E-state index contributed by atoms with van der Waals surface area (Å²) in [6.07, 6.45) is 1.60. The fourth-order valence-corrected chi connectivity index (χ4v) is 3.62. The highest BCUT2D eigenvalue weighted by atomic mass is 35.5. The number of carbonyl (C=O) groups is 2. The van der Waals surface area contributed by atoms with Gasteiger partial charge in [0.25, 0.3) is 11.8 Å². The Bertz CT molecular complexity index is 1120. The molecule has 2 amide bonds. The van der Waals surface area contributed by atoms with Gasteiger partial charge in [-0.15, -0.1) is 0 Å². The van der Waals surface area contributed by atoms with Crippen molar-refractivity contribution in [1.82, 2.24) is 15.7 Å². The monoisotopic (exact) mass is 444 g/mol. The molecule has 0 aliphatic carbocycles. The summed E-state index contributed by atoms with van der Waals surface area (Å²) in [5.74, 6) is -1.04. The van der Waals surface area contributed by atoms with Crippen LogP contribution < -0.4 is 10.7 Å². The largest absolute Gasteiger partial charge is 0.358 e. The van der Waals surface area contributed by atoms with Gasteiger partial charge in [-0.25, -0.2) is 5.43 Å². The van der Waals surface area contributed by atoms with Crippen molar-refractivity contribution in [3.05, 3.63) is 69.3 Å². The number of aromatic amines is 1. The zero-order chi connectivity index (χ0) is 21.8. The van der Waals surface area contributed by atoms with E-state index in [9.17, 15) is 9.59 Å². The summed E-state index contributed by atoms with van der Waals surface area (Å²) in [4.78, 5) is 28.5. The van der Waals surface area contributed by atoms with E-state index in [2.05, 4.69) is 20.8 Å². The van der Waals surface area contributed by atoms with Gasteiger partial charge in [-0.05, 0) is 37.1 Å². The van der Waals surface area contributed by atoms with Gasteiger partial charge in [0.05, 0.1) is 16.8 Å². The molecule has 156 valence electrons. The van der Waals surface area contributed by atoms with Crippen LogP contribution in [0.5, 0.6) is 0 Å². The minimum Gasteiger partial charge on any atom is -0.358 e. The first-order valence-corrected chi connectivity index (χ1v) is 10.2. The minimum absolute atomic E-state index is 0.162. The van der Waals surface area contributed by atoms with Crippen LogP contribution in [0.1, 0.15) is 35.5 Å². The Morgan fingerprint density at radius 2 is 1.87 bits per heavy atom. The van der Waals surface area contributed by atoms with Crippen LogP contribution in [0.2, 0.25) is 10.0 Å². The highest BCUT2D eigenvalue weighted by Gasteiger charge is 2.25. The van der Waals surface area contributed by atoms with Gasteiger partial charge in [0.15, 0.2) is 0 Å². The Balaban J connectivity index is 1.71. The van der Waals surface area contributed by atoms with E-state index in [-0.39, 0.29) is 16.5 Å². The van der Waals surface area contributed by atoms with Crippen molar-refractivity contribution >= 4 is 52.1 Å². The van der Waals surface area contributed by atoms with Gasteiger partial charge >= 0.3 is 0 Å². The van der Waals surface area contributed by atoms with Crippen LogP contribution in [-0.4, -0.2) is 29.1 Å². The van der Waals surface area contributed by atoms with E-state index in [1.165, 1.54) is 12.1 Å². The zero-order valence-corrected chi connectivity index (χ0v) is 18.3. The zero-order valence-electron chi connectivity index (χ0n) is 16.8. The van der Waals surface area contributed by atoms with E-state index in [0.29, 0.717) is 5.02 Å². The lowest BCUT2D eigenvalue weighted by atomic mass is 10.0. The molecule has 0 fully saturated rings. The molecule has 0 bridgehead atoms. The number of H-pyrrole nitrogens is 1. The van der Waals surface area contributed by atoms with Crippen LogP contribution in [0, 0.1) is 12.8 Å². The van der Waals surface area contributed by atoms with Crippen LogP contribution in [-0.2, 0) is 4.79 Å². The molecule has 3 N–H and O–H groups in total. The van der Waals surface area contributed by atoms with Crippen LogP contribution in [0.15, 0.2) is 47.6 Å². The summed E-state index contributed by atoms with van der Waals surface area (Å²) >= 11 is 12.0. The molecule has 30 heavy (non-hydrogen) atoms. The molecule has 1 unspecified atom stereocenters. The lowest BCUT2D eigenvalue weighted by Crippen LogP contribution is -2.48. The molecule has 0 aliphatic rings. The maximum Gasteiger partial charge on any atom is 0.262 e. The highest BCUT2D eigenvalue weighted by molar-refractivity contribution is 6.36. The number of hydrogen-bond donors (Lipinski definition) is 3. The van der Waals surface area contributed by atoms with Gasteiger partial charge in [-0.1, -0.05) is 55.2 Å². The first-order valence-electron chi connectivity index (χ1n) is 9.44. The molecule has 0 spiro atoms. The lowest BCUT2D eigenvalue weighted by Gasteiger charge is -2.20. The summed E-state index contributed by atoms with van der Waals surface area (Å²) in [5.41, 5.74) is 5.60. The predicted molar refractivity (Wildman–Crippen MR) is 121 cm³/mol. The van der Waals surface area contributed by atoms with Gasteiger partial charge in [-0.3, -0.25) is 9.59 Å². The number of nitrogens with zero attached hydrogens (tertiary/aromatic N) is 1. The summed E-state index contributed by atoms with van der Waals surface area (Å²) in [6.45, 7) is 5.61. The molecule has 3 rings (SSSR count). The molecule has 0 radical (unpaired) electrons. The normalized spacial score (nSPS) is 12.5. The topological polar surface area (TPSA) is 86.3 Å².